The molecule has 1 aliphatic heterocycles. The number of nitrogens with one attached hydrogen (secondary N) is 1. The molecule has 2 aromatic carbocycles. The van der Waals surface area contributed by atoms with E-state index in [2.05, 4.69) is 5.32 Å². The standard InChI is InChI=1S/C20H23ClN2O4S/c1-15-12-18(28(25,26)23-10-2-3-11-23)8-9-19(15)27-14-20(24)22-13-16-4-6-17(21)7-5-16/h4-9,12H,2-3,10-11,13-14H2,1H3,(H,22,24). The smallest absolute Gasteiger partial charge is 0.258 e. The number of hydrogen-bond donors (Lipinski definition) is 1. The van der Waals surface area contributed by atoms with Crippen molar-refractivity contribution in [2.75, 3.05) is 19.7 Å². The molecule has 0 atom stereocenters. The minimum absolute atomic E-state index is 0.146. The van der Waals surface area contributed by atoms with E-state index >= 15 is 0 Å². The first-order chi connectivity index (χ1) is 13.4. The van der Waals surface area contributed by atoms with Crippen molar-refractivity contribution in [1.29, 1.82) is 0 Å². The lowest BCUT2D eigenvalue weighted by Crippen LogP contribution is -2.29. The van der Waals surface area contributed by atoms with Gasteiger partial charge < -0.3 is 10.1 Å². The van der Waals surface area contributed by atoms with Crippen LogP contribution in [-0.2, 0) is 21.4 Å². The number of halogens is 1. The lowest BCUT2D eigenvalue weighted by molar-refractivity contribution is -0.123. The first kappa shape index (κ1) is 20.6. The van der Waals surface area contributed by atoms with Crippen LogP contribution in [0.4, 0.5) is 0 Å². The highest BCUT2D eigenvalue weighted by molar-refractivity contribution is 7.89. The SMILES string of the molecule is Cc1cc(S(=O)(=O)N2CCCC2)ccc1OCC(=O)NCc1ccc(Cl)cc1. The van der Waals surface area contributed by atoms with Gasteiger partial charge in [-0.25, -0.2) is 8.42 Å². The van der Waals surface area contributed by atoms with Crippen molar-refractivity contribution < 1.29 is 17.9 Å². The van der Waals surface area contributed by atoms with Gasteiger partial charge in [0.25, 0.3) is 5.91 Å². The van der Waals surface area contributed by atoms with Gasteiger partial charge in [-0.15, -0.1) is 0 Å². The van der Waals surface area contributed by atoms with Crippen molar-refractivity contribution in [2.24, 2.45) is 0 Å². The lowest BCUT2D eigenvalue weighted by atomic mass is 10.2. The second-order valence-corrected chi connectivity index (χ2v) is 9.10. The molecule has 0 aliphatic carbocycles. The zero-order valence-corrected chi connectivity index (χ0v) is 17.2. The Labute approximate surface area is 170 Å². The topological polar surface area (TPSA) is 75.7 Å². The molecular weight excluding hydrogens is 400 g/mol. The Bertz CT molecular complexity index is 939. The van der Waals surface area contributed by atoms with Crippen LogP contribution in [-0.4, -0.2) is 38.3 Å². The molecule has 0 unspecified atom stereocenters. The zero-order valence-electron chi connectivity index (χ0n) is 15.7. The summed E-state index contributed by atoms with van der Waals surface area (Å²) < 4.78 is 32.3. The highest BCUT2D eigenvalue weighted by atomic mass is 35.5. The third-order valence-corrected chi connectivity index (χ3v) is 6.76. The Morgan fingerprint density at radius 2 is 1.82 bits per heavy atom. The zero-order chi connectivity index (χ0) is 20.1. The van der Waals surface area contributed by atoms with Crippen LogP contribution in [0, 0.1) is 6.92 Å². The van der Waals surface area contributed by atoms with Crippen LogP contribution in [0.1, 0.15) is 24.0 Å². The van der Waals surface area contributed by atoms with Gasteiger partial charge in [0.2, 0.25) is 10.0 Å². The predicted molar refractivity (Wildman–Crippen MR) is 108 cm³/mol. The molecule has 28 heavy (non-hydrogen) atoms. The molecule has 1 fully saturated rings. The molecule has 1 aliphatic rings. The number of carbonyl (C=O) groups excluding carboxylic acids is 1. The van der Waals surface area contributed by atoms with Crippen molar-refractivity contribution in [2.45, 2.75) is 31.2 Å². The van der Waals surface area contributed by atoms with Gasteiger partial charge in [0.05, 0.1) is 4.90 Å². The summed E-state index contributed by atoms with van der Waals surface area (Å²) in [6, 6.07) is 11.9. The summed E-state index contributed by atoms with van der Waals surface area (Å²) >= 11 is 5.84. The van der Waals surface area contributed by atoms with Crippen molar-refractivity contribution >= 4 is 27.5 Å². The molecule has 1 heterocycles. The van der Waals surface area contributed by atoms with Crippen LogP contribution in [0.2, 0.25) is 5.02 Å². The van der Waals surface area contributed by atoms with E-state index in [1.807, 2.05) is 12.1 Å². The number of rotatable bonds is 7. The molecule has 1 N–H and O–H groups in total. The molecule has 8 heteroatoms. The average Bonchev–Trinajstić information content (AvgIpc) is 3.22. The van der Waals surface area contributed by atoms with Crippen molar-refractivity contribution in [3.05, 3.63) is 58.6 Å². The minimum atomic E-state index is -3.46. The van der Waals surface area contributed by atoms with E-state index in [-0.39, 0.29) is 17.4 Å². The Morgan fingerprint density at radius 1 is 1.14 bits per heavy atom. The molecule has 3 rings (SSSR count). The molecule has 6 nitrogen and oxygen atoms in total. The Balaban J connectivity index is 1.55. The summed E-state index contributed by atoms with van der Waals surface area (Å²) in [7, 11) is -3.46. The highest BCUT2D eigenvalue weighted by Gasteiger charge is 2.27. The minimum Gasteiger partial charge on any atom is -0.484 e. The number of ether oxygens (including phenoxy) is 1. The monoisotopic (exact) mass is 422 g/mol. The normalized spacial score (nSPS) is 14.8. The van der Waals surface area contributed by atoms with E-state index in [1.165, 1.54) is 10.4 Å². The van der Waals surface area contributed by atoms with E-state index in [9.17, 15) is 13.2 Å². The quantitative estimate of drug-likeness (QED) is 0.743. The molecular formula is C20H23ClN2O4S. The molecule has 0 radical (unpaired) electrons. The van der Waals surface area contributed by atoms with Crippen LogP contribution in [0.3, 0.4) is 0 Å². The van der Waals surface area contributed by atoms with Gasteiger partial charge in [-0.2, -0.15) is 4.31 Å². The largest absolute Gasteiger partial charge is 0.484 e. The van der Waals surface area contributed by atoms with Crippen molar-refractivity contribution in [3.63, 3.8) is 0 Å². The number of amides is 1. The fourth-order valence-electron chi connectivity index (χ4n) is 3.02. The van der Waals surface area contributed by atoms with Crippen LogP contribution in [0.15, 0.2) is 47.4 Å². The first-order valence-corrected chi connectivity index (χ1v) is 10.9. The molecule has 150 valence electrons. The van der Waals surface area contributed by atoms with Gasteiger partial charge in [0.15, 0.2) is 6.61 Å². The van der Waals surface area contributed by atoms with E-state index in [0.29, 0.717) is 36.0 Å². The third-order valence-electron chi connectivity index (χ3n) is 4.61. The predicted octanol–water partition coefficient (Wildman–Crippen LogP) is 3.13. The molecule has 2 aromatic rings. The maximum absolute atomic E-state index is 12.6. The number of nitrogens with zero attached hydrogens (tertiary/aromatic N) is 1. The summed E-state index contributed by atoms with van der Waals surface area (Å²) in [4.78, 5) is 12.3. The summed E-state index contributed by atoms with van der Waals surface area (Å²) in [5, 5.41) is 3.41. The Hall–Kier alpha value is -2.09. The number of carbonyl (C=O) groups is 1. The van der Waals surface area contributed by atoms with Crippen LogP contribution < -0.4 is 10.1 Å². The molecule has 0 aromatic heterocycles. The fraction of sp³-hybridized carbons (Fsp3) is 0.350. The van der Waals surface area contributed by atoms with Crippen LogP contribution in [0.5, 0.6) is 5.75 Å². The number of hydrogen-bond acceptors (Lipinski definition) is 4. The van der Waals surface area contributed by atoms with Crippen LogP contribution in [0.25, 0.3) is 0 Å². The van der Waals surface area contributed by atoms with Gasteiger partial charge in [0, 0.05) is 24.7 Å². The fourth-order valence-corrected chi connectivity index (χ4v) is 4.75. The summed E-state index contributed by atoms with van der Waals surface area (Å²) in [5.74, 6) is 0.227. The average molecular weight is 423 g/mol. The number of aryl methyl sites for hydroxylation is 1. The van der Waals surface area contributed by atoms with E-state index in [1.54, 1.807) is 31.2 Å². The van der Waals surface area contributed by atoms with Crippen LogP contribution >= 0.6 is 11.6 Å². The lowest BCUT2D eigenvalue weighted by Gasteiger charge is -2.17. The maximum Gasteiger partial charge on any atom is 0.258 e. The maximum atomic E-state index is 12.6. The van der Waals surface area contributed by atoms with E-state index < -0.39 is 10.0 Å². The van der Waals surface area contributed by atoms with Crippen molar-refractivity contribution in [1.82, 2.24) is 9.62 Å². The Morgan fingerprint density at radius 3 is 2.46 bits per heavy atom. The second-order valence-electron chi connectivity index (χ2n) is 6.73. The molecule has 1 saturated heterocycles. The molecule has 1 amide bonds. The first-order valence-electron chi connectivity index (χ1n) is 9.11. The summed E-state index contributed by atoms with van der Waals surface area (Å²) in [5.41, 5.74) is 1.61. The van der Waals surface area contributed by atoms with E-state index in [0.717, 1.165) is 18.4 Å². The summed E-state index contributed by atoms with van der Waals surface area (Å²) in [6.45, 7) is 3.13. The third kappa shape index (κ3) is 5.04. The van der Waals surface area contributed by atoms with Gasteiger partial charge in [0.1, 0.15) is 5.75 Å². The van der Waals surface area contributed by atoms with Gasteiger partial charge in [-0.3, -0.25) is 4.79 Å². The van der Waals surface area contributed by atoms with Gasteiger partial charge >= 0.3 is 0 Å². The molecule has 0 spiro atoms. The summed E-state index contributed by atoms with van der Waals surface area (Å²) in [6.07, 6.45) is 1.79. The van der Waals surface area contributed by atoms with Crippen molar-refractivity contribution in [3.8, 4) is 5.75 Å². The Kier molecular flexibility index (Phi) is 6.59. The van der Waals surface area contributed by atoms with E-state index in [4.69, 9.17) is 16.3 Å². The highest BCUT2D eigenvalue weighted by Crippen LogP contribution is 2.26. The second kappa shape index (κ2) is 8.94. The van der Waals surface area contributed by atoms with Gasteiger partial charge in [-0.05, 0) is 61.2 Å². The molecule has 0 bridgehead atoms. The number of benzene rings is 2. The number of sulfonamides is 1. The van der Waals surface area contributed by atoms with Gasteiger partial charge in [-0.1, -0.05) is 23.7 Å². The molecule has 0 saturated carbocycles.